The van der Waals surface area contributed by atoms with Crippen molar-refractivity contribution in [2.45, 2.75) is 18.2 Å². The summed E-state index contributed by atoms with van der Waals surface area (Å²) in [6.45, 7) is 0.0266. The van der Waals surface area contributed by atoms with Gasteiger partial charge in [0.25, 0.3) is 0 Å². The van der Waals surface area contributed by atoms with Crippen LogP contribution in [0.5, 0.6) is 0 Å². The van der Waals surface area contributed by atoms with Gasteiger partial charge in [0.1, 0.15) is 0 Å². The fourth-order valence-electron chi connectivity index (χ4n) is 1.72. The smallest absolute Gasteiger partial charge is 0.383 e. The van der Waals surface area contributed by atoms with Crippen LogP contribution >= 0.6 is 12.4 Å². The van der Waals surface area contributed by atoms with E-state index >= 15 is 0 Å². The molecular weight excluding hydrogens is 289 g/mol. The second-order valence-corrected chi connectivity index (χ2v) is 4.26. The second kappa shape index (κ2) is 7.28. The molecule has 1 aliphatic rings. The number of β-amino-alcohol motifs (C(OH)–C–C–N with tert-alkyl or cyclic N) is 1. The Hall–Kier alpha value is -0.570. The molecule has 0 aromatic rings. The lowest BCUT2D eigenvalue weighted by Crippen LogP contribution is -2.48. The Kier molecular flexibility index (Phi) is 7.06. The first kappa shape index (κ1) is 18.4. The largest absolute Gasteiger partial charge is 0.419 e. The molecule has 1 unspecified atom stereocenters. The Morgan fingerprint density at radius 1 is 1.53 bits per heavy atom. The molecule has 0 aromatic heterocycles. The van der Waals surface area contributed by atoms with Gasteiger partial charge in [-0.05, 0) is 0 Å². The number of carbonyl (C=O) groups excluding carboxylic acids is 1. The number of halogens is 4. The van der Waals surface area contributed by atoms with Gasteiger partial charge in [0, 0.05) is 26.6 Å². The summed E-state index contributed by atoms with van der Waals surface area (Å²) in [5.74, 6) is -0.453. The lowest BCUT2D eigenvalue weighted by atomic mass is 10.0. The van der Waals surface area contributed by atoms with Crippen LogP contribution in [0.1, 0.15) is 6.42 Å². The number of carbonyl (C=O) groups is 1. The molecule has 9 heteroatoms. The average Bonchev–Trinajstić information content (AvgIpc) is 2.68. The molecule has 1 fully saturated rings. The van der Waals surface area contributed by atoms with E-state index in [4.69, 9.17) is 4.74 Å². The van der Waals surface area contributed by atoms with E-state index in [0.717, 1.165) is 4.90 Å². The molecule has 0 saturated carbocycles. The monoisotopic (exact) mass is 306 g/mol. The molecular formula is C10H18ClF3N2O3. The third-order valence-corrected chi connectivity index (χ3v) is 2.89. The van der Waals surface area contributed by atoms with Crippen molar-refractivity contribution >= 4 is 18.3 Å². The SMILES string of the molecule is COCCNCC(=O)N1CCC(O)(C(F)(F)F)C1.Cl. The van der Waals surface area contributed by atoms with Gasteiger partial charge in [0.05, 0.1) is 19.7 Å². The molecule has 0 bridgehead atoms. The van der Waals surface area contributed by atoms with Crippen LogP contribution in [0, 0.1) is 0 Å². The lowest BCUT2D eigenvalue weighted by molar-refractivity contribution is -0.253. The van der Waals surface area contributed by atoms with Gasteiger partial charge in [-0.3, -0.25) is 4.79 Å². The van der Waals surface area contributed by atoms with Crippen molar-refractivity contribution in [3.63, 3.8) is 0 Å². The van der Waals surface area contributed by atoms with E-state index in [1.54, 1.807) is 0 Å². The van der Waals surface area contributed by atoms with Gasteiger partial charge in [0.2, 0.25) is 5.91 Å². The Labute approximate surface area is 115 Å². The van der Waals surface area contributed by atoms with E-state index in [1.807, 2.05) is 0 Å². The number of nitrogens with zero attached hydrogens (tertiary/aromatic N) is 1. The number of hydrogen-bond donors (Lipinski definition) is 2. The maximum atomic E-state index is 12.5. The van der Waals surface area contributed by atoms with Gasteiger partial charge >= 0.3 is 6.18 Å². The zero-order chi connectivity index (χ0) is 13.8. The highest BCUT2D eigenvalue weighted by molar-refractivity contribution is 5.85. The maximum Gasteiger partial charge on any atom is 0.419 e. The summed E-state index contributed by atoms with van der Waals surface area (Å²) < 4.78 is 42.3. The average molecular weight is 307 g/mol. The Bertz CT molecular complexity index is 304. The Balaban J connectivity index is 0.00000324. The number of alkyl halides is 3. The van der Waals surface area contributed by atoms with E-state index in [-0.39, 0.29) is 25.5 Å². The first-order valence-electron chi connectivity index (χ1n) is 5.57. The molecule has 0 aliphatic carbocycles. The van der Waals surface area contributed by atoms with Crippen LogP contribution in [-0.2, 0) is 9.53 Å². The molecule has 0 aromatic carbocycles. The number of nitrogens with one attached hydrogen (secondary N) is 1. The van der Waals surface area contributed by atoms with E-state index in [0.29, 0.717) is 13.2 Å². The molecule has 1 heterocycles. The molecule has 19 heavy (non-hydrogen) atoms. The van der Waals surface area contributed by atoms with Crippen molar-refractivity contribution in [2.75, 3.05) is 39.9 Å². The summed E-state index contributed by atoms with van der Waals surface area (Å²) in [6, 6.07) is 0. The van der Waals surface area contributed by atoms with Crippen LogP contribution in [0.4, 0.5) is 13.2 Å². The van der Waals surface area contributed by atoms with Crippen LogP contribution in [-0.4, -0.2) is 67.6 Å². The molecule has 5 nitrogen and oxygen atoms in total. The lowest BCUT2D eigenvalue weighted by Gasteiger charge is -2.25. The molecule has 1 atom stereocenters. The third kappa shape index (κ3) is 4.79. The molecule has 0 radical (unpaired) electrons. The van der Waals surface area contributed by atoms with Gasteiger partial charge in [-0.15, -0.1) is 12.4 Å². The van der Waals surface area contributed by atoms with Crippen LogP contribution in [0.25, 0.3) is 0 Å². The van der Waals surface area contributed by atoms with Crippen LogP contribution in [0.15, 0.2) is 0 Å². The zero-order valence-electron chi connectivity index (χ0n) is 10.5. The molecule has 1 aliphatic heterocycles. The highest BCUT2D eigenvalue weighted by atomic mass is 35.5. The molecule has 2 N–H and O–H groups in total. The molecule has 1 rings (SSSR count). The molecule has 1 amide bonds. The molecule has 0 spiro atoms. The quantitative estimate of drug-likeness (QED) is 0.711. The molecule has 114 valence electrons. The molecule has 1 saturated heterocycles. The van der Waals surface area contributed by atoms with Crippen molar-refractivity contribution in [1.29, 1.82) is 0 Å². The van der Waals surface area contributed by atoms with E-state index < -0.39 is 30.7 Å². The minimum atomic E-state index is -4.70. The van der Waals surface area contributed by atoms with E-state index in [2.05, 4.69) is 5.32 Å². The Morgan fingerprint density at radius 3 is 2.63 bits per heavy atom. The van der Waals surface area contributed by atoms with E-state index in [1.165, 1.54) is 7.11 Å². The number of hydrogen-bond acceptors (Lipinski definition) is 4. The van der Waals surface area contributed by atoms with Crippen LogP contribution < -0.4 is 5.32 Å². The predicted molar refractivity (Wildman–Crippen MR) is 64.2 cm³/mol. The normalized spacial score (nSPS) is 23.3. The van der Waals surface area contributed by atoms with Gasteiger partial charge in [-0.25, -0.2) is 0 Å². The number of amides is 1. The second-order valence-electron chi connectivity index (χ2n) is 4.26. The number of likely N-dealkylation sites (tertiary alicyclic amines) is 1. The minimum Gasteiger partial charge on any atom is -0.383 e. The highest BCUT2D eigenvalue weighted by Crippen LogP contribution is 2.37. The van der Waals surface area contributed by atoms with Gasteiger partial charge in [0.15, 0.2) is 5.60 Å². The summed E-state index contributed by atoms with van der Waals surface area (Å²) in [6.07, 6.45) is -5.17. The standard InChI is InChI=1S/C10H17F3N2O3.ClH/c1-18-5-3-14-6-8(16)15-4-2-9(17,7-15)10(11,12)13;/h14,17H,2-7H2,1H3;1H. The third-order valence-electron chi connectivity index (χ3n) is 2.89. The fraction of sp³-hybridized carbons (Fsp3) is 0.900. The number of ether oxygens (including phenoxy) is 1. The van der Waals surface area contributed by atoms with Crippen molar-refractivity contribution < 1.29 is 27.8 Å². The number of aliphatic hydroxyl groups is 1. The van der Waals surface area contributed by atoms with Gasteiger partial charge in [-0.1, -0.05) is 0 Å². The van der Waals surface area contributed by atoms with Crippen molar-refractivity contribution in [1.82, 2.24) is 10.2 Å². The summed E-state index contributed by atoms with van der Waals surface area (Å²) >= 11 is 0. The maximum absolute atomic E-state index is 12.5. The first-order valence-corrected chi connectivity index (χ1v) is 5.57. The Morgan fingerprint density at radius 2 is 2.16 bits per heavy atom. The fourth-order valence-corrected chi connectivity index (χ4v) is 1.72. The van der Waals surface area contributed by atoms with Crippen molar-refractivity contribution in [3.8, 4) is 0 Å². The topological polar surface area (TPSA) is 61.8 Å². The van der Waals surface area contributed by atoms with Crippen molar-refractivity contribution in [2.24, 2.45) is 0 Å². The van der Waals surface area contributed by atoms with E-state index in [9.17, 15) is 23.1 Å². The van der Waals surface area contributed by atoms with Gasteiger partial charge < -0.3 is 20.1 Å². The summed E-state index contributed by atoms with van der Waals surface area (Å²) in [4.78, 5) is 12.6. The van der Waals surface area contributed by atoms with Crippen LogP contribution in [0.2, 0.25) is 0 Å². The zero-order valence-corrected chi connectivity index (χ0v) is 11.3. The predicted octanol–water partition coefficient (Wildman–Crippen LogP) is 0.170. The van der Waals surface area contributed by atoms with Gasteiger partial charge in [-0.2, -0.15) is 13.2 Å². The summed E-state index contributed by atoms with van der Waals surface area (Å²) in [5, 5.41) is 12.1. The first-order chi connectivity index (χ1) is 8.30. The van der Waals surface area contributed by atoms with Crippen LogP contribution in [0.3, 0.4) is 0 Å². The summed E-state index contributed by atoms with van der Waals surface area (Å²) in [7, 11) is 1.51. The summed E-state index contributed by atoms with van der Waals surface area (Å²) in [5.41, 5.74) is -2.77. The number of methoxy groups -OCH3 is 1. The number of rotatable bonds is 5. The minimum absolute atomic E-state index is 0. The highest BCUT2D eigenvalue weighted by Gasteiger charge is 2.57. The van der Waals surface area contributed by atoms with Crippen molar-refractivity contribution in [3.05, 3.63) is 0 Å².